The maximum atomic E-state index is 12.9. The summed E-state index contributed by atoms with van der Waals surface area (Å²) < 4.78 is 31.5. The lowest BCUT2D eigenvalue weighted by molar-refractivity contribution is 0.238. The lowest BCUT2D eigenvalue weighted by atomic mass is 9.76. The van der Waals surface area contributed by atoms with Crippen LogP contribution in [0.2, 0.25) is 0 Å². The van der Waals surface area contributed by atoms with Crippen LogP contribution in [0.3, 0.4) is 0 Å². The third kappa shape index (κ3) is 1.94. The quantitative estimate of drug-likeness (QED) is 0.618. The number of aryl methyl sites for hydroxylation is 1. The Hall–Kier alpha value is -2.43. The van der Waals surface area contributed by atoms with Crippen LogP contribution in [0.25, 0.3) is 0 Å². The van der Waals surface area contributed by atoms with Crippen molar-refractivity contribution in [2.24, 2.45) is 5.92 Å². The lowest BCUT2D eigenvalue weighted by Crippen LogP contribution is -2.33. The van der Waals surface area contributed by atoms with Crippen molar-refractivity contribution in [2.75, 3.05) is 6.61 Å². The summed E-state index contributed by atoms with van der Waals surface area (Å²) in [4.78, 5) is 0.218. The Labute approximate surface area is 165 Å². The molecule has 3 aliphatic rings. The molecule has 3 aromatic carbocycles. The highest BCUT2D eigenvalue weighted by molar-refractivity contribution is 7.86. The molecule has 0 bridgehead atoms. The Morgan fingerprint density at radius 3 is 1.93 bits per heavy atom. The first-order valence-corrected chi connectivity index (χ1v) is 11.1. The van der Waals surface area contributed by atoms with E-state index in [2.05, 4.69) is 48.5 Å². The van der Waals surface area contributed by atoms with Gasteiger partial charge in [-0.15, -0.1) is 0 Å². The molecule has 3 nitrogen and oxygen atoms in total. The SMILES string of the molecule is Cc1ccc(S(=O)(=O)OCC23c4ccccc4C4C(c5ccccc52)C43)cc1. The van der Waals surface area contributed by atoms with Gasteiger partial charge in [-0.05, 0) is 59.1 Å². The first-order valence-electron chi connectivity index (χ1n) is 9.69. The van der Waals surface area contributed by atoms with Gasteiger partial charge in [-0.1, -0.05) is 66.2 Å². The number of rotatable bonds is 4. The summed E-state index contributed by atoms with van der Waals surface area (Å²) in [5, 5.41) is 0. The van der Waals surface area contributed by atoms with Gasteiger partial charge in [-0.2, -0.15) is 8.42 Å². The summed E-state index contributed by atoms with van der Waals surface area (Å²) in [7, 11) is -3.80. The van der Waals surface area contributed by atoms with E-state index in [4.69, 9.17) is 4.18 Å². The summed E-state index contributed by atoms with van der Waals surface area (Å²) in [6, 6.07) is 23.8. The van der Waals surface area contributed by atoms with E-state index in [9.17, 15) is 8.42 Å². The molecule has 0 amide bonds. The van der Waals surface area contributed by atoms with Gasteiger partial charge in [0, 0.05) is 5.41 Å². The minimum atomic E-state index is -3.80. The zero-order valence-corrected chi connectivity index (χ0v) is 16.3. The van der Waals surface area contributed by atoms with Crippen molar-refractivity contribution in [1.29, 1.82) is 0 Å². The van der Waals surface area contributed by atoms with Gasteiger partial charge in [0.15, 0.2) is 0 Å². The van der Waals surface area contributed by atoms with E-state index in [0.29, 0.717) is 17.8 Å². The largest absolute Gasteiger partial charge is 0.297 e. The fourth-order valence-electron chi connectivity index (χ4n) is 5.79. The molecule has 6 rings (SSSR count). The Kier molecular flexibility index (Phi) is 3.15. The van der Waals surface area contributed by atoms with Gasteiger partial charge < -0.3 is 0 Å². The molecule has 0 N–H and O–H groups in total. The zero-order valence-electron chi connectivity index (χ0n) is 15.5. The molecule has 2 atom stereocenters. The fourth-order valence-corrected chi connectivity index (χ4v) is 6.73. The van der Waals surface area contributed by atoms with Crippen molar-refractivity contribution < 1.29 is 12.6 Å². The maximum Gasteiger partial charge on any atom is 0.297 e. The van der Waals surface area contributed by atoms with Crippen molar-refractivity contribution in [3.05, 3.63) is 101 Å². The second-order valence-electron chi connectivity index (χ2n) is 8.25. The first-order chi connectivity index (χ1) is 13.5. The first kappa shape index (κ1) is 16.5. The van der Waals surface area contributed by atoms with E-state index in [-0.39, 0.29) is 16.9 Å². The number of hydrogen-bond donors (Lipinski definition) is 0. The van der Waals surface area contributed by atoms with E-state index in [1.54, 1.807) is 24.3 Å². The molecule has 2 unspecified atom stereocenters. The van der Waals surface area contributed by atoms with E-state index >= 15 is 0 Å². The van der Waals surface area contributed by atoms with Crippen LogP contribution in [0.4, 0.5) is 0 Å². The average Bonchev–Trinajstić information content (AvgIpc) is 3.31. The van der Waals surface area contributed by atoms with E-state index in [1.165, 1.54) is 22.3 Å². The van der Waals surface area contributed by atoms with Gasteiger partial charge >= 0.3 is 0 Å². The fraction of sp³-hybridized carbons (Fsp3) is 0.250. The summed E-state index contributed by atoms with van der Waals surface area (Å²) >= 11 is 0. The van der Waals surface area contributed by atoms with Crippen molar-refractivity contribution >= 4 is 10.1 Å². The van der Waals surface area contributed by atoms with Gasteiger partial charge in [-0.25, -0.2) is 0 Å². The third-order valence-electron chi connectivity index (χ3n) is 6.94. The van der Waals surface area contributed by atoms with Gasteiger partial charge in [-0.3, -0.25) is 4.18 Å². The predicted molar refractivity (Wildman–Crippen MR) is 107 cm³/mol. The summed E-state index contributed by atoms with van der Waals surface area (Å²) in [6.45, 7) is 2.10. The monoisotopic (exact) mass is 388 g/mol. The Morgan fingerprint density at radius 1 is 0.821 bits per heavy atom. The molecular formula is C24H20O3S. The van der Waals surface area contributed by atoms with Crippen molar-refractivity contribution in [1.82, 2.24) is 0 Å². The number of hydrogen-bond acceptors (Lipinski definition) is 3. The second-order valence-corrected chi connectivity index (χ2v) is 9.87. The Balaban J connectivity index is 1.44. The average molecular weight is 388 g/mol. The molecular weight excluding hydrogens is 368 g/mol. The van der Waals surface area contributed by atoms with Crippen LogP contribution in [0.1, 0.15) is 39.7 Å². The molecule has 1 fully saturated rings. The molecule has 140 valence electrons. The van der Waals surface area contributed by atoms with E-state index < -0.39 is 10.1 Å². The topological polar surface area (TPSA) is 43.4 Å². The van der Waals surface area contributed by atoms with Crippen LogP contribution in [0.5, 0.6) is 0 Å². The van der Waals surface area contributed by atoms with Crippen molar-refractivity contribution in [3.63, 3.8) is 0 Å². The second kappa shape index (κ2) is 5.34. The lowest BCUT2D eigenvalue weighted by Gasteiger charge is -2.30. The molecule has 1 saturated carbocycles. The highest BCUT2D eigenvalue weighted by Gasteiger charge is 2.73. The molecule has 0 heterocycles. The standard InChI is InChI=1S/C24H20O3S/c1-15-10-12-16(13-11-15)28(25,26)27-14-24-19-8-4-2-6-17(19)21-22(23(21)24)18-7-3-5-9-20(18)24/h2-13,21-23H,14H2,1H3. The molecule has 0 radical (unpaired) electrons. The predicted octanol–water partition coefficient (Wildman–Crippen LogP) is 4.51. The highest BCUT2D eigenvalue weighted by Crippen LogP contribution is 2.80. The number of benzene rings is 3. The number of fused-ring (bicyclic) bond motifs is 7. The highest BCUT2D eigenvalue weighted by atomic mass is 32.2. The molecule has 28 heavy (non-hydrogen) atoms. The molecule has 0 aliphatic heterocycles. The van der Waals surface area contributed by atoms with Gasteiger partial charge in [0.1, 0.15) is 0 Å². The van der Waals surface area contributed by atoms with Gasteiger partial charge in [0.05, 0.1) is 11.5 Å². The minimum Gasteiger partial charge on any atom is -0.265 e. The van der Waals surface area contributed by atoms with Crippen LogP contribution < -0.4 is 0 Å². The van der Waals surface area contributed by atoms with Crippen LogP contribution in [0.15, 0.2) is 77.7 Å². The Morgan fingerprint density at radius 2 is 1.36 bits per heavy atom. The van der Waals surface area contributed by atoms with Gasteiger partial charge in [0.2, 0.25) is 0 Å². The van der Waals surface area contributed by atoms with Crippen LogP contribution >= 0.6 is 0 Å². The maximum absolute atomic E-state index is 12.9. The molecule has 3 aromatic rings. The van der Waals surface area contributed by atoms with Crippen LogP contribution in [-0.4, -0.2) is 15.0 Å². The molecule has 0 spiro atoms. The van der Waals surface area contributed by atoms with Crippen LogP contribution in [-0.2, 0) is 19.7 Å². The smallest absolute Gasteiger partial charge is 0.265 e. The van der Waals surface area contributed by atoms with E-state index in [1.807, 2.05) is 6.92 Å². The molecule has 4 heteroatoms. The molecule has 0 saturated heterocycles. The molecule has 3 aliphatic carbocycles. The zero-order chi connectivity index (χ0) is 19.1. The van der Waals surface area contributed by atoms with E-state index in [0.717, 1.165) is 5.56 Å². The van der Waals surface area contributed by atoms with Crippen LogP contribution in [0, 0.1) is 12.8 Å². The third-order valence-corrected chi connectivity index (χ3v) is 8.22. The van der Waals surface area contributed by atoms with Crippen molar-refractivity contribution in [2.45, 2.75) is 29.1 Å². The summed E-state index contributed by atoms with van der Waals surface area (Å²) in [5.74, 6) is 1.41. The van der Waals surface area contributed by atoms with Gasteiger partial charge in [0.25, 0.3) is 10.1 Å². The molecule has 0 aromatic heterocycles. The summed E-state index contributed by atoms with van der Waals surface area (Å²) in [6.07, 6.45) is 0. The van der Waals surface area contributed by atoms with Crippen molar-refractivity contribution in [3.8, 4) is 0 Å². The Bertz CT molecular complexity index is 1160. The normalized spacial score (nSPS) is 28.5. The minimum absolute atomic E-state index is 0.162. The summed E-state index contributed by atoms with van der Waals surface area (Å²) in [5.41, 5.74) is 5.88.